The van der Waals surface area contributed by atoms with Gasteiger partial charge in [0.2, 0.25) is 11.8 Å². The number of halogens is 1. The fourth-order valence-electron chi connectivity index (χ4n) is 3.32. The van der Waals surface area contributed by atoms with Crippen LogP contribution in [0.15, 0.2) is 71.9 Å². The number of hydrogen-bond acceptors (Lipinski definition) is 6. The van der Waals surface area contributed by atoms with E-state index in [1.54, 1.807) is 49.8 Å². The lowest BCUT2D eigenvalue weighted by Gasteiger charge is -2.09. The molecule has 1 aromatic carbocycles. The van der Waals surface area contributed by atoms with Crippen molar-refractivity contribution < 1.29 is 13.9 Å². The summed E-state index contributed by atoms with van der Waals surface area (Å²) >= 11 is 0. The number of aromatic nitrogens is 4. The largest absolute Gasteiger partial charge is 0.439 e. The van der Waals surface area contributed by atoms with Crippen molar-refractivity contribution in [1.82, 2.24) is 25.3 Å². The van der Waals surface area contributed by atoms with E-state index in [0.717, 1.165) is 11.1 Å². The number of carbonyl (C=O) groups excluding carboxylic acids is 1. The smallest absolute Gasteiger partial charge is 0.254 e. The van der Waals surface area contributed by atoms with E-state index in [4.69, 9.17) is 4.74 Å². The summed E-state index contributed by atoms with van der Waals surface area (Å²) < 4.78 is 18.6. The molecule has 0 unspecified atom stereocenters. The molecule has 0 radical (unpaired) electrons. The standard InChI is InChI=1S/C25H22FN5O3/c1-16-21(25(33)31-24(30-16)18-9-11-27-12-10-18)6-7-22(32)29-15-17-8-13-28-23(14-17)34-20-4-2-19(26)3-5-20/h2-5,8-14H,6-7,15H2,1H3,(H,29,32)(H,30,31,33). The normalized spacial score (nSPS) is 10.6. The molecular weight excluding hydrogens is 437 g/mol. The lowest BCUT2D eigenvalue weighted by atomic mass is 10.1. The van der Waals surface area contributed by atoms with Gasteiger partial charge in [-0.3, -0.25) is 14.6 Å². The molecule has 0 aliphatic rings. The van der Waals surface area contributed by atoms with E-state index in [-0.39, 0.29) is 36.7 Å². The molecule has 8 nitrogen and oxygen atoms in total. The van der Waals surface area contributed by atoms with Crippen LogP contribution < -0.4 is 15.6 Å². The zero-order chi connectivity index (χ0) is 23.9. The molecule has 0 fully saturated rings. The second kappa shape index (κ2) is 10.5. The van der Waals surface area contributed by atoms with Crippen LogP contribution in [0.5, 0.6) is 11.6 Å². The van der Waals surface area contributed by atoms with Crippen molar-refractivity contribution in [3.05, 3.63) is 100 Å². The third kappa shape index (κ3) is 5.89. The number of H-pyrrole nitrogens is 1. The van der Waals surface area contributed by atoms with Crippen molar-refractivity contribution in [1.29, 1.82) is 0 Å². The number of hydrogen-bond donors (Lipinski definition) is 2. The summed E-state index contributed by atoms with van der Waals surface area (Å²) in [7, 11) is 0. The molecule has 9 heteroatoms. The molecule has 172 valence electrons. The van der Waals surface area contributed by atoms with Crippen LogP contribution in [0.25, 0.3) is 11.4 Å². The molecule has 3 aromatic heterocycles. The van der Waals surface area contributed by atoms with E-state index < -0.39 is 0 Å². The SMILES string of the molecule is Cc1nc(-c2ccncc2)[nH]c(=O)c1CCC(=O)NCc1ccnc(Oc2ccc(F)cc2)c1. The predicted octanol–water partition coefficient (Wildman–Crippen LogP) is 3.72. The highest BCUT2D eigenvalue weighted by molar-refractivity contribution is 5.76. The molecule has 0 atom stereocenters. The van der Waals surface area contributed by atoms with Crippen molar-refractivity contribution in [2.75, 3.05) is 0 Å². The Labute approximate surface area is 194 Å². The van der Waals surface area contributed by atoms with Crippen molar-refractivity contribution in [2.45, 2.75) is 26.3 Å². The van der Waals surface area contributed by atoms with Crippen LogP contribution in [0, 0.1) is 12.7 Å². The van der Waals surface area contributed by atoms with Crippen LogP contribution in [0.2, 0.25) is 0 Å². The Morgan fingerprint density at radius 2 is 1.85 bits per heavy atom. The van der Waals surface area contributed by atoms with Crippen molar-refractivity contribution >= 4 is 5.91 Å². The van der Waals surface area contributed by atoms with Crippen molar-refractivity contribution in [3.63, 3.8) is 0 Å². The molecule has 4 aromatic rings. The van der Waals surface area contributed by atoms with E-state index in [2.05, 4.69) is 25.3 Å². The van der Waals surface area contributed by atoms with Crippen molar-refractivity contribution in [3.8, 4) is 23.0 Å². The van der Waals surface area contributed by atoms with Gasteiger partial charge in [-0.2, -0.15) is 0 Å². The summed E-state index contributed by atoms with van der Waals surface area (Å²) in [5, 5.41) is 2.83. The average Bonchev–Trinajstić information content (AvgIpc) is 2.84. The Morgan fingerprint density at radius 3 is 2.59 bits per heavy atom. The van der Waals surface area contributed by atoms with Gasteiger partial charge in [0.15, 0.2) is 0 Å². The lowest BCUT2D eigenvalue weighted by Crippen LogP contribution is -2.25. The molecule has 0 bridgehead atoms. The van der Waals surface area contributed by atoms with Gasteiger partial charge in [0.05, 0.1) is 0 Å². The fourth-order valence-corrected chi connectivity index (χ4v) is 3.32. The van der Waals surface area contributed by atoms with Crippen molar-refractivity contribution in [2.24, 2.45) is 0 Å². The summed E-state index contributed by atoms with van der Waals surface area (Å²) in [6.07, 6.45) is 5.24. The number of aromatic amines is 1. The number of aryl methyl sites for hydroxylation is 1. The zero-order valence-electron chi connectivity index (χ0n) is 18.4. The van der Waals surface area contributed by atoms with E-state index >= 15 is 0 Å². The molecule has 2 N–H and O–H groups in total. The predicted molar refractivity (Wildman–Crippen MR) is 124 cm³/mol. The number of ether oxygens (including phenoxy) is 1. The number of pyridine rings is 2. The Kier molecular flexibility index (Phi) is 7.02. The quantitative estimate of drug-likeness (QED) is 0.416. The minimum absolute atomic E-state index is 0.143. The first kappa shape index (κ1) is 22.8. The summed E-state index contributed by atoms with van der Waals surface area (Å²) in [6.45, 7) is 2.03. The third-order valence-electron chi connectivity index (χ3n) is 5.10. The first-order chi connectivity index (χ1) is 16.5. The first-order valence-electron chi connectivity index (χ1n) is 10.6. The van der Waals surface area contributed by atoms with Gasteiger partial charge in [-0.05, 0) is 61.4 Å². The molecule has 0 spiro atoms. The molecule has 4 rings (SSSR count). The highest BCUT2D eigenvalue weighted by Crippen LogP contribution is 2.20. The zero-order valence-corrected chi connectivity index (χ0v) is 18.4. The Hall–Kier alpha value is -4.40. The highest BCUT2D eigenvalue weighted by Gasteiger charge is 2.12. The van der Waals surface area contributed by atoms with E-state index in [0.29, 0.717) is 28.7 Å². The van der Waals surface area contributed by atoms with Crippen LogP contribution in [-0.4, -0.2) is 25.8 Å². The summed E-state index contributed by atoms with van der Waals surface area (Å²) in [4.78, 5) is 40.3. The monoisotopic (exact) mass is 459 g/mol. The summed E-state index contributed by atoms with van der Waals surface area (Å²) in [6, 6.07) is 12.6. The van der Waals surface area contributed by atoms with Gasteiger partial charge in [-0.15, -0.1) is 0 Å². The first-order valence-corrected chi connectivity index (χ1v) is 10.6. The van der Waals surface area contributed by atoms with Gasteiger partial charge in [0.25, 0.3) is 5.56 Å². The Bertz CT molecular complexity index is 1340. The molecule has 0 saturated heterocycles. The molecule has 0 saturated carbocycles. The Morgan fingerprint density at radius 1 is 1.09 bits per heavy atom. The molecule has 1 amide bonds. The van der Waals surface area contributed by atoms with Crippen LogP contribution in [-0.2, 0) is 17.8 Å². The van der Waals surface area contributed by atoms with Gasteiger partial charge in [-0.1, -0.05) is 0 Å². The topological polar surface area (TPSA) is 110 Å². The van der Waals surface area contributed by atoms with Crippen LogP contribution in [0.4, 0.5) is 4.39 Å². The Balaban J connectivity index is 1.32. The molecule has 0 aliphatic heterocycles. The maximum Gasteiger partial charge on any atom is 0.254 e. The number of nitrogens with one attached hydrogen (secondary N) is 2. The van der Waals surface area contributed by atoms with E-state index in [1.165, 1.54) is 24.3 Å². The van der Waals surface area contributed by atoms with Gasteiger partial charge in [0, 0.05) is 54.4 Å². The molecular formula is C25H22FN5O3. The number of carbonyl (C=O) groups is 1. The van der Waals surface area contributed by atoms with E-state index in [9.17, 15) is 14.0 Å². The highest BCUT2D eigenvalue weighted by atomic mass is 19.1. The number of benzene rings is 1. The third-order valence-corrected chi connectivity index (χ3v) is 5.10. The maximum atomic E-state index is 13.0. The average molecular weight is 459 g/mol. The molecule has 3 heterocycles. The lowest BCUT2D eigenvalue weighted by molar-refractivity contribution is -0.121. The molecule has 0 aliphatic carbocycles. The van der Waals surface area contributed by atoms with Crippen LogP contribution >= 0.6 is 0 Å². The van der Waals surface area contributed by atoms with Gasteiger partial charge in [0.1, 0.15) is 17.4 Å². The van der Waals surface area contributed by atoms with Gasteiger partial charge < -0.3 is 15.0 Å². The second-order valence-electron chi connectivity index (χ2n) is 7.55. The number of amides is 1. The summed E-state index contributed by atoms with van der Waals surface area (Å²) in [5.74, 6) is 0.707. The van der Waals surface area contributed by atoms with Crippen LogP contribution in [0.1, 0.15) is 23.2 Å². The second-order valence-corrected chi connectivity index (χ2v) is 7.55. The minimum atomic E-state index is -0.352. The minimum Gasteiger partial charge on any atom is -0.439 e. The summed E-state index contributed by atoms with van der Waals surface area (Å²) in [5.41, 5.74) is 2.35. The van der Waals surface area contributed by atoms with Crippen LogP contribution in [0.3, 0.4) is 0 Å². The number of rotatable bonds is 8. The molecule has 34 heavy (non-hydrogen) atoms. The van der Waals surface area contributed by atoms with Gasteiger partial charge >= 0.3 is 0 Å². The maximum absolute atomic E-state index is 13.0. The van der Waals surface area contributed by atoms with Gasteiger partial charge in [-0.25, -0.2) is 14.4 Å². The fraction of sp³-hybridized carbons (Fsp3) is 0.160. The van der Waals surface area contributed by atoms with E-state index in [1.807, 2.05) is 0 Å². The number of nitrogens with zero attached hydrogens (tertiary/aromatic N) is 3.